The predicted octanol–water partition coefficient (Wildman–Crippen LogP) is 1.48. The van der Waals surface area contributed by atoms with Gasteiger partial charge in [-0.25, -0.2) is 9.97 Å². The van der Waals surface area contributed by atoms with Gasteiger partial charge in [0.05, 0.1) is 13.0 Å². The van der Waals surface area contributed by atoms with Gasteiger partial charge in [0, 0.05) is 37.1 Å². The van der Waals surface area contributed by atoms with Crippen molar-refractivity contribution >= 4 is 23.5 Å². The number of methoxy groups -OCH3 is 1. The summed E-state index contributed by atoms with van der Waals surface area (Å²) in [4.78, 5) is 34.0. The number of nitrogens with zero attached hydrogens (tertiary/aromatic N) is 3. The van der Waals surface area contributed by atoms with Crippen LogP contribution in [0.5, 0.6) is 5.75 Å². The number of anilines is 2. The van der Waals surface area contributed by atoms with Gasteiger partial charge >= 0.3 is 0 Å². The van der Waals surface area contributed by atoms with Gasteiger partial charge in [-0.05, 0) is 18.2 Å². The lowest BCUT2D eigenvalue weighted by Gasteiger charge is -2.17. The number of aromatic nitrogens is 2. The van der Waals surface area contributed by atoms with Crippen molar-refractivity contribution in [3.8, 4) is 5.75 Å². The lowest BCUT2D eigenvalue weighted by molar-refractivity contribution is -0.122. The molecule has 1 aromatic heterocycles. The fraction of sp³-hybridized carbons (Fsp3) is 0.250. The molecule has 0 saturated carbocycles. The summed E-state index contributed by atoms with van der Waals surface area (Å²) in [7, 11) is 1.57. The van der Waals surface area contributed by atoms with Crippen LogP contribution in [0.2, 0.25) is 0 Å². The minimum atomic E-state index is -0.433. The Balaban J connectivity index is 1.70. The van der Waals surface area contributed by atoms with Gasteiger partial charge in [-0.2, -0.15) is 0 Å². The Morgan fingerprint density at radius 2 is 2.09 bits per heavy atom. The van der Waals surface area contributed by atoms with Crippen LogP contribution in [0.15, 0.2) is 42.7 Å². The standard InChI is InChI=1S/C16H16N4O3/c1-23-13-5-2-4-12(9-13)20-10-11(8-14(20)21)15(22)19-16-17-6-3-7-18-16/h2-7,9,11H,8,10H2,1H3,(H,17,18,19,22)/t11-/m0/s1. The molecule has 1 fully saturated rings. The molecule has 1 saturated heterocycles. The zero-order chi connectivity index (χ0) is 16.2. The smallest absolute Gasteiger partial charge is 0.232 e. The number of hydrogen-bond acceptors (Lipinski definition) is 5. The van der Waals surface area contributed by atoms with Crippen molar-refractivity contribution < 1.29 is 14.3 Å². The van der Waals surface area contributed by atoms with Crippen LogP contribution in [-0.4, -0.2) is 35.4 Å². The summed E-state index contributed by atoms with van der Waals surface area (Å²) < 4.78 is 5.17. The van der Waals surface area contributed by atoms with Crippen LogP contribution in [0.1, 0.15) is 6.42 Å². The Bertz CT molecular complexity index is 720. The van der Waals surface area contributed by atoms with Crippen molar-refractivity contribution in [2.24, 2.45) is 5.92 Å². The van der Waals surface area contributed by atoms with Crippen molar-refractivity contribution in [1.29, 1.82) is 0 Å². The fourth-order valence-electron chi connectivity index (χ4n) is 2.49. The second-order valence-corrected chi connectivity index (χ2v) is 5.17. The molecule has 1 atom stereocenters. The van der Waals surface area contributed by atoms with Crippen LogP contribution in [-0.2, 0) is 9.59 Å². The molecule has 7 heteroatoms. The van der Waals surface area contributed by atoms with Crippen LogP contribution in [0.25, 0.3) is 0 Å². The molecular formula is C16H16N4O3. The molecule has 0 unspecified atom stereocenters. The maximum absolute atomic E-state index is 12.3. The molecule has 1 aromatic carbocycles. The summed E-state index contributed by atoms with van der Waals surface area (Å²) in [5, 5.41) is 2.63. The predicted molar refractivity (Wildman–Crippen MR) is 84.1 cm³/mol. The van der Waals surface area contributed by atoms with Crippen LogP contribution in [0, 0.1) is 5.92 Å². The molecule has 2 aromatic rings. The molecule has 1 aliphatic rings. The maximum Gasteiger partial charge on any atom is 0.232 e. The van der Waals surface area contributed by atoms with E-state index in [1.807, 2.05) is 12.1 Å². The third kappa shape index (κ3) is 3.28. The van der Waals surface area contributed by atoms with Gasteiger partial charge < -0.3 is 9.64 Å². The highest BCUT2D eigenvalue weighted by atomic mass is 16.5. The summed E-state index contributed by atoms with van der Waals surface area (Å²) in [5.41, 5.74) is 0.723. The van der Waals surface area contributed by atoms with E-state index in [-0.39, 0.29) is 24.2 Å². The van der Waals surface area contributed by atoms with Gasteiger partial charge in [-0.1, -0.05) is 6.07 Å². The third-order valence-electron chi connectivity index (χ3n) is 3.66. The van der Waals surface area contributed by atoms with E-state index < -0.39 is 5.92 Å². The van der Waals surface area contributed by atoms with E-state index in [9.17, 15) is 9.59 Å². The molecule has 118 valence electrons. The zero-order valence-electron chi connectivity index (χ0n) is 12.6. The molecule has 1 aliphatic heterocycles. The number of amides is 2. The van der Waals surface area contributed by atoms with E-state index >= 15 is 0 Å². The number of carbonyl (C=O) groups is 2. The normalized spacial score (nSPS) is 17.2. The number of nitrogens with one attached hydrogen (secondary N) is 1. The van der Waals surface area contributed by atoms with E-state index in [0.717, 1.165) is 5.69 Å². The van der Waals surface area contributed by atoms with Crippen LogP contribution < -0.4 is 15.0 Å². The van der Waals surface area contributed by atoms with Gasteiger partial charge in [-0.3, -0.25) is 14.9 Å². The molecule has 2 amide bonds. The highest BCUT2D eigenvalue weighted by molar-refractivity contribution is 6.03. The SMILES string of the molecule is COc1cccc(N2C[C@@H](C(=O)Nc3ncccn3)CC2=O)c1. The molecule has 0 aliphatic carbocycles. The van der Waals surface area contributed by atoms with Crippen LogP contribution >= 0.6 is 0 Å². The summed E-state index contributed by atoms with van der Waals surface area (Å²) in [5.74, 6) is 0.130. The molecule has 0 bridgehead atoms. The maximum atomic E-state index is 12.3. The second kappa shape index (κ2) is 6.43. The minimum Gasteiger partial charge on any atom is -0.497 e. The number of ether oxygens (including phenoxy) is 1. The molecule has 2 heterocycles. The van der Waals surface area contributed by atoms with E-state index in [2.05, 4.69) is 15.3 Å². The first-order valence-corrected chi connectivity index (χ1v) is 7.19. The average molecular weight is 312 g/mol. The minimum absolute atomic E-state index is 0.0904. The fourth-order valence-corrected chi connectivity index (χ4v) is 2.49. The number of rotatable bonds is 4. The molecule has 3 rings (SSSR count). The Labute approximate surface area is 133 Å². The molecular weight excluding hydrogens is 296 g/mol. The summed E-state index contributed by atoms with van der Waals surface area (Å²) in [6.45, 7) is 0.324. The van der Waals surface area contributed by atoms with E-state index in [0.29, 0.717) is 12.3 Å². The lowest BCUT2D eigenvalue weighted by Crippen LogP contribution is -2.28. The Morgan fingerprint density at radius 3 is 2.83 bits per heavy atom. The second-order valence-electron chi connectivity index (χ2n) is 5.17. The number of hydrogen-bond donors (Lipinski definition) is 1. The van der Waals surface area contributed by atoms with Crippen molar-refractivity contribution in [3.05, 3.63) is 42.7 Å². The number of benzene rings is 1. The van der Waals surface area contributed by atoms with E-state index in [1.54, 1.807) is 42.6 Å². The van der Waals surface area contributed by atoms with Crippen molar-refractivity contribution in [2.45, 2.75) is 6.42 Å². The largest absolute Gasteiger partial charge is 0.497 e. The first-order valence-electron chi connectivity index (χ1n) is 7.19. The summed E-state index contributed by atoms with van der Waals surface area (Å²) >= 11 is 0. The quantitative estimate of drug-likeness (QED) is 0.924. The van der Waals surface area contributed by atoms with E-state index in [4.69, 9.17) is 4.74 Å². The molecule has 0 radical (unpaired) electrons. The van der Waals surface area contributed by atoms with Crippen LogP contribution in [0.3, 0.4) is 0 Å². The molecule has 0 spiro atoms. The third-order valence-corrected chi connectivity index (χ3v) is 3.66. The van der Waals surface area contributed by atoms with Crippen molar-refractivity contribution in [3.63, 3.8) is 0 Å². The van der Waals surface area contributed by atoms with Crippen molar-refractivity contribution in [2.75, 3.05) is 23.9 Å². The Kier molecular flexibility index (Phi) is 4.18. The first-order chi connectivity index (χ1) is 11.2. The summed E-state index contributed by atoms with van der Waals surface area (Å²) in [6, 6.07) is 8.88. The van der Waals surface area contributed by atoms with Crippen LogP contribution in [0.4, 0.5) is 11.6 Å². The van der Waals surface area contributed by atoms with Crippen molar-refractivity contribution in [1.82, 2.24) is 9.97 Å². The van der Waals surface area contributed by atoms with Gasteiger partial charge in [0.1, 0.15) is 5.75 Å². The highest BCUT2D eigenvalue weighted by Gasteiger charge is 2.35. The van der Waals surface area contributed by atoms with E-state index in [1.165, 1.54) is 0 Å². The molecule has 7 nitrogen and oxygen atoms in total. The summed E-state index contributed by atoms with van der Waals surface area (Å²) in [6.07, 6.45) is 3.26. The molecule has 1 N–H and O–H groups in total. The average Bonchev–Trinajstić information content (AvgIpc) is 2.98. The first kappa shape index (κ1) is 15.0. The molecule has 23 heavy (non-hydrogen) atoms. The Hall–Kier alpha value is -2.96. The number of carbonyl (C=O) groups excluding carboxylic acids is 2. The van der Waals surface area contributed by atoms with Gasteiger partial charge in [0.2, 0.25) is 17.8 Å². The highest BCUT2D eigenvalue weighted by Crippen LogP contribution is 2.28. The topological polar surface area (TPSA) is 84.4 Å². The Morgan fingerprint density at radius 1 is 1.30 bits per heavy atom. The van der Waals surface area contributed by atoms with Gasteiger partial charge in [-0.15, -0.1) is 0 Å². The monoisotopic (exact) mass is 312 g/mol. The van der Waals surface area contributed by atoms with Gasteiger partial charge in [0.25, 0.3) is 0 Å². The van der Waals surface area contributed by atoms with Gasteiger partial charge in [0.15, 0.2) is 0 Å². The zero-order valence-corrected chi connectivity index (χ0v) is 12.6. The lowest BCUT2D eigenvalue weighted by atomic mass is 10.1.